The number of hydrogen-bond acceptors (Lipinski definition) is 8. The van der Waals surface area contributed by atoms with Gasteiger partial charge in [0.25, 0.3) is 11.8 Å². The highest BCUT2D eigenvalue weighted by Gasteiger charge is 2.40. The van der Waals surface area contributed by atoms with E-state index >= 15 is 0 Å². The number of carboxylic acid groups (broad SMARTS) is 1. The van der Waals surface area contributed by atoms with E-state index in [0.717, 1.165) is 74.3 Å². The van der Waals surface area contributed by atoms with Gasteiger partial charge in [-0.05, 0) is 75.1 Å². The maximum atomic E-state index is 14.3. The van der Waals surface area contributed by atoms with Gasteiger partial charge in [0, 0.05) is 35.7 Å². The number of nitrogens with zero attached hydrogens (tertiary/aromatic N) is 2. The van der Waals surface area contributed by atoms with E-state index in [1.165, 1.54) is 30.6 Å². The summed E-state index contributed by atoms with van der Waals surface area (Å²) in [6, 6.07) is 4.75. The number of aromatic amines is 1. The fourth-order valence-corrected chi connectivity index (χ4v) is 9.43. The first kappa shape index (κ1) is 52.4. The summed E-state index contributed by atoms with van der Waals surface area (Å²) in [7, 11) is 5.24. The summed E-state index contributed by atoms with van der Waals surface area (Å²) >= 11 is 0. The number of halogens is 3. The summed E-state index contributed by atoms with van der Waals surface area (Å²) in [6.45, 7) is 8.01. The number of carbonyl (C=O) groups excluding carboxylic acids is 5. The number of alkyl halides is 3. The van der Waals surface area contributed by atoms with Gasteiger partial charge < -0.3 is 30.8 Å². The minimum atomic E-state index is -5.08. The second kappa shape index (κ2) is 24.4. The quantitative estimate of drug-likeness (QED) is 0.100. The minimum Gasteiger partial charge on any atom is -0.499 e. The number of fused-ring (bicyclic) bond motifs is 1. The van der Waals surface area contributed by atoms with Crippen LogP contribution in [0.4, 0.5) is 13.2 Å². The summed E-state index contributed by atoms with van der Waals surface area (Å²) in [5.74, 6) is -3.63. The van der Waals surface area contributed by atoms with Crippen LogP contribution in [-0.2, 0) is 39.9 Å². The minimum absolute atomic E-state index is 0.0387. The molecule has 5 amide bonds. The number of H-pyrrole nitrogens is 1. The lowest BCUT2D eigenvalue weighted by Gasteiger charge is -2.33. The summed E-state index contributed by atoms with van der Waals surface area (Å²) < 4.78 is 37.3. The molecule has 1 aromatic heterocycles. The van der Waals surface area contributed by atoms with Crippen LogP contribution < -0.4 is 16.0 Å². The Morgan fingerprint density at radius 3 is 2.05 bits per heavy atom. The van der Waals surface area contributed by atoms with Gasteiger partial charge in [-0.3, -0.25) is 33.8 Å². The van der Waals surface area contributed by atoms with E-state index < -0.39 is 54.2 Å². The Morgan fingerprint density at radius 2 is 1.48 bits per heavy atom. The first-order chi connectivity index (χ1) is 30.7. The second-order valence-corrected chi connectivity index (χ2v) is 18.6. The van der Waals surface area contributed by atoms with Gasteiger partial charge in [-0.1, -0.05) is 103 Å². The van der Waals surface area contributed by atoms with Gasteiger partial charge in [-0.15, -0.1) is 0 Å². The predicted octanol–water partition coefficient (Wildman–Crippen LogP) is 6.81. The molecule has 0 unspecified atom stereocenters. The van der Waals surface area contributed by atoms with E-state index in [1.807, 2.05) is 77.2 Å². The van der Waals surface area contributed by atoms with Gasteiger partial charge >= 0.3 is 12.1 Å². The number of carbonyl (C=O) groups is 6. The van der Waals surface area contributed by atoms with Crippen LogP contribution in [0.15, 0.2) is 54.4 Å². The Balaban J connectivity index is 0.00000122. The molecule has 1 aromatic carbocycles. The number of ether oxygens (including phenoxy) is 1. The number of methoxy groups -OCH3 is 1. The van der Waals surface area contributed by atoms with Gasteiger partial charge in [0.2, 0.25) is 17.7 Å². The molecule has 0 saturated heterocycles. The molecule has 2 heterocycles. The molecule has 3 aliphatic rings. The molecule has 0 spiro atoms. The molecule has 2 fully saturated rings. The number of para-hydroxylation sites is 1. The zero-order valence-corrected chi connectivity index (χ0v) is 38.8. The fourth-order valence-electron chi connectivity index (χ4n) is 9.43. The molecule has 5 rings (SSSR count). The van der Waals surface area contributed by atoms with Crippen molar-refractivity contribution in [1.82, 2.24) is 30.7 Å². The van der Waals surface area contributed by atoms with E-state index in [2.05, 4.69) is 20.9 Å². The molecule has 0 bridgehead atoms. The standard InChI is InChI=1S/C46H68N6O6.C2HF3O2/c1-29(2)24-37(49-45(56)38(25-31-16-10-8-11-17-31)50-46(57)43(30(3)4)51(5)6)44(55)48-35(32-18-12-9-13-19-32)22-23-41(53)52-39(40(58-7)27-42(52)54)26-33-28-47-36-21-15-14-20-34(33)36;3-2(4,5)1(6)7/h14-15,20-23,27-32,35,37-39,43,47H,8-13,16-19,24-26H2,1-7H3,(H,48,55)(H,49,56)(H,50,57);(H,6,7)/b23-22+;/t35-,37+,38+,39+,43+;/m1./s1. The molecule has 0 radical (unpaired) electrons. The van der Waals surface area contributed by atoms with Crippen molar-refractivity contribution in [3.05, 3.63) is 60.0 Å². The van der Waals surface area contributed by atoms with Crippen molar-refractivity contribution in [3.63, 3.8) is 0 Å². The zero-order chi connectivity index (χ0) is 48.0. The number of imide groups is 1. The van der Waals surface area contributed by atoms with Crippen molar-refractivity contribution in [2.45, 2.75) is 148 Å². The largest absolute Gasteiger partial charge is 0.499 e. The number of aromatic nitrogens is 1. The third-order valence-electron chi connectivity index (χ3n) is 12.6. The van der Waals surface area contributed by atoms with Crippen LogP contribution >= 0.6 is 0 Å². The zero-order valence-electron chi connectivity index (χ0n) is 38.8. The average Bonchev–Trinajstić information content (AvgIpc) is 3.81. The van der Waals surface area contributed by atoms with Crippen molar-refractivity contribution in [3.8, 4) is 0 Å². The maximum Gasteiger partial charge on any atom is 0.490 e. The van der Waals surface area contributed by atoms with Crippen LogP contribution in [0.25, 0.3) is 10.9 Å². The topological polar surface area (TPSA) is 190 Å². The first-order valence-corrected chi connectivity index (χ1v) is 22.9. The molecule has 5 atom stereocenters. The molecule has 360 valence electrons. The summed E-state index contributed by atoms with van der Waals surface area (Å²) in [5, 5.41) is 17.5. The normalized spacial score (nSPS) is 19.4. The lowest BCUT2D eigenvalue weighted by Crippen LogP contribution is -2.58. The van der Waals surface area contributed by atoms with Crippen molar-refractivity contribution >= 4 is 46.4 Å². The predicted molar refractivity (Wildman–Crippen MR) is 241 cm³/mol. The van der Waals surface area contributed by atoms with Crippen LogP contribution in [0, 0.1) is 23.7 Å². The Hall–Kier alpha value is -5.19. The molecule has 65 heavy (non-hydrogen) atoms. The number of aliphatic carboxylic acids is 1. The van der Waals surface area contributed by atoms with Gasteiger partial charge in [0.1, 0.15) is 23.9 Å². The van der Waals surface area contributed by atoms with E-state index in [-0.39, 0.29) is 35.5 Å². The molecular formula is C48H69F3N6O8. The third kappa shape index (κ3) is 15.2. The number of hydrogen-bond donors (Lipinski definition) is 5. The van der Waals surface area contributed by atoms with Crippen LogP contribution in [0.1, 0.15) is 110 Å². The van der Waals surface area contributed by atoms with Gasteiger partial charge in [-0.2, -0.15) is 13.2 Å². The number of rotatable bonds is 18. The Kier molecular flexibility index (Phi) is 19.7. The average molecular weight is 915 g/mol. The van der Waals surface area contributed by atoms with Crippen molar-refractivity contribution in [1.29, 1.82) is 0 Å². The van der Waals surface area contributed by atoms with Crippen LogP contribution in [0.5, 0.6) is 0 Å². The number of benzene rings is 1. The van der Waals surface area contributed by atoms with Crippen molar-refractivity contribution in [2.75, 3.05) is 21.2 Å². The number of nitrogens with one attached hydrogen (secondary N) is 4. The van der Waals surface area contributed by atoms with E-state index in [0.29, 0.717) is 30.9 Å². The highest BCUT2D eigenvalue weighted by molar-refractivity contribution is 6.08. The Labute approximate surface area is 380 Å². The number of amides is 5. The summed E-state index contributed by atoms with van der Waals surface area (Å²) in [6.07, 6.45) is 12.9. The van der Waals surface area contributed by atoms with Crippen molar-refractivity contribution < 1.29 is 51.8 Å². The molecule has 1 aliphatic heterocycles. The fraction of sp³-hybridized carbons (Fsp3) is 0.625. The lowest BCUT2D eigenvalue weighted by atomic mass is 9.83. The molecule has 2 saturated carbocycles. The smallest absolute Gasteiger partial charge is 0.490 e. The number of carboxylic acids is 1. The van der Waals surface area contributed by atoms with Crippen LogP contribution in [-0.4, -0.2) is 113 Å². The van der Waals surface area contributed by atoms with Gasteiger partial charge in [-0.25, -0.2) is 4.79 Å². The van der Waals surface area contributed by atoms with E-state index in [4.69, 9.17) is 14.6 Å². The Bertz CT molecular complexity index is 1990. The molecule has 17 heteroatoms. The number of likely N-dealkylation sites (N-methyl/N-ethyl adjacent to an activating group) is 1. The molecule has 2 aromatic rings. The van der Waals surface area contributed by atoms with Crippen LogP contribution in [0.3, 0.4) is 0 Å². The molecule has 5 N–H and O–H groups in total. The maximum absolute atomic E-state index is 14.3. The monoisotopic (exact) mass is 915 g/mol. The third-order valence-corrected chi connectivity index (χ3v) is 12.6. The SMILES string of the molecule is COC1=CC(=O)N(C(=O)/C=C/[C@@H](NC(=O)[C@H](CC(C)C)NC(=O)[C@H](CC2CCCCC2)NC(=O)[C@H](C(C)C)N(C)C)C2CCCCC2)[C@H]1Cc1c[nH]c2ccccc12.O=C(O)C(F)(F)F. The lowest BCUT2D eigenvalue weighted by molar-refractivity contribution is -0.192. The molecule has 14 nitrogen and oxygen atoms in total. The van der Waals surface area contributed by atoms with Gasteiger partial charge in [0.15, 0.2) is 0 Å². The molecule has 2 aliphatic carbocycles. The Morgan fingerprint density at radius 1 is 0.892 bits per heavy atom. The first-order valence-electron chi connectivity index (χ1n) is 22.9. The summed E-state index contributed by atoms with van der Waals surface area (Å²) in [5.41, 5.74) is 1.93. The van der Waals surface area contributed by atoms with E-state index in [9.17, 15) is 37.1 Å². The van der Waals surface area contributed by atoms with Gasteiger partial charge in [0.05, 0.1) is 19.2 Å². The van der Waals surface area contributed by atoms with E-state index in [1.54, 1.807) is 6.08 Å². The van der Waals surface area contributed by atoms with Crippen molar-refractivity contribution in [2.24, 2.45) is 23.7 Å². The highest BCUT2D eigenvalue weighted by Crippen LogP contribution is 2.31. The van der Waals surface area contributed by atoms with Crippen LogP contribution in [0.2, 0.25) is 0 Å². The molecular weight excluding hydrogens is 846 g/mol. The second-order valence-electron chi connectivity index (χ2n) is 18.6. The highest BCUT2D eigenvalue weighted by atomic mass is 19.4. The summed E-state index contributed by atoms with van der Waals surface area (Å²) in [4.78, 5) is 84.8.